The summed E-state index contributed by atoms with van der Waals surface area (Å²) in [5.74, 6) is 1.14. The number of fused-ring (bicyclic) bond motifs is 1. The Hall–Kier alpha value is -3.22. The fourth-order valence-corrected chi connectivity index (χ4v) is 2.34. The summed E-state index contributed by atoms with van der Waals surface area (Å²) >= 11 is 0. The van der Waals surface area contributed by atoms with Crippen LogP contribution in [-0.4, -0.2) is 21.4 Å². The Morgan fingerprint density at radius 3 is 2.75 bits per heavy atom. The third kappa shape index (κ3) is 3.40. The molecule has 0 aliphatic rings. The van der Waals surface area contributed by atoms with Crippen LogP contribution in [0.5, 0.6) is 0 Å². The van der Waals surface area contributed by atoms with E-state index < -0.39 is 4.92 Å². The van der Waals surface area contributed by atoms with Crippen molar-refractivity contribution in [1.82, 2.24) is 9.97 Å². The van der Waals surface area contributed by atoms with Crippen molar-refractivity contribution < 1.29 is 4.92 Å². The van der Waals surface area contributed by atoms with Crippen LogP contribution in [0.3, 0.4) is 0 Å². The van der Waals surface area contributed by atoms with Crippen LogP contribution in [0.2, 0.25) is 0 Å². The molecule has 122 valence electrons. The normalized spacial score (nSPS) is 10.5. The molecule has 1 heterocycles. The van der Waals surface area contributed by atoms with Crippen LogP contribution in [0.25, 0.3) is 10.9 Å². The lowest BCUT2D eigenvalue weighted by Crippen LogP contribution is -2.06. The van der Waals surface area contributed by atoms with E-state index in [1.54, 1.807) is 12.1 Å². The maximum absolute atomic E-state index is 10.9. The molecular weight excluding hydrogens is 306 g/mol. The van der Waals surface area contributed by atoms with Crippen molar-refractivity contribution in [3.63, 3.8) is 0 Å². The van der Waals surface area contributed by atoms with Gasteiger partial charge in [-0.2, -0.15) is 4.98 Å². The molecule has 0 aliphatic carbocycles. The Kier molecular flexibility index (Phi) is 4.51. The third-order valence-electron chi connectivity index (χ3n) is 3.46. The molecule has 3 rings (SSSR count). The lowest BCUT2D eigenvalue weighted by molar-refractivity contribution is -0.384. The molecule has 0 bridgehead atoms. The fourth-order valence-electron chi connectivity index (χ4n) is 2.34. The summed E-state index contributed by atoms with van der Waals surface area (Å²) in [5.41, 5.74) is 1.39. The van der Waals surface area contributed by atoms with E-state index in [0.29, 0.717) is 11.6 Å². The van der Waals surface area contributed by atoms with Crippen molar-refractivity contribution in [3.8, 4) is 0 Å². The van der Waals surface area contributed by atoms with Crippen molar-refractivity contribution in [3.05, 3.63) is 58.6 Å². The minimum Gasteiger partial charge on any atom is -0.369 e. The molecule has 24 heavy (non-hydrogen) atoms. The van der Waals surface area contributed by atoms with Crippen LogP contribution in [-0.2, 0) is 0 Å². The smallest absolute Gasteiger partial charge is 0.271 e. The highest BCUT2D eigenvalue weighted by Gasteiger charge is 2.09. The van der Waals surface area contributed by atoms with E-state index in [4.69, 9.17) is 0 Å². The summed E-state index contributed by atoms with van der Waals surface area (Å²) in [6.07, 6.45) is 0.978. The average molecular weight is 323 g/mol. The van der Waals surface area contributed by atoms with Gasteiger partial charge < -0.3 is 10.6 Å². The summed E-state index contributed by atoms with van der Waals surface area (Å²) in [6, 6.07) is 14.0. The van der Waals surface area contributed by atoms with E-state index in [-0.39, 0.29) is 5.69 Å². The van der Waals surface area contributed by atoms with Gasteiger partial charge in [0.05, 0.1) is 10.4 Å². The van der Waals surface area contributed by atoms with Crippen molar-refractivity contribution in [1.29, 1.82) is 0 Å². The molecule has 0 saturated heterocycles. The van der Waals surface area contributed by atoms with Crippen LogP contribution < -0.4 is 10.6 Å². The number of non-ortho nitro benzene ring substituents is 1. The summed E-state index contributed by atoms with van der Waals surface area (Å²) < 4.78 is 0. The number of para-hydroxylation sites is 1. The number of benzene rings is 2. The Morgan fingerprint density at radius 1 is 1.12 bits per heavy atom. The molecule has 0 atom stereocenters. The highest BCUT2D eigenvalue weighted by atomic mass is 16.6. The Labute approximate surface area is 138 Å². The van der Waals surface area contributed by atoms with Gasteiger partial charge in [-0.1, -0.05) is 25.1 Å². The van der Waals surface area contributed by atoms with E-state index in [1.807, 2.05) is 24.3 Å². The number of aromatic nitrogens is 2. The molecular formula is C17H17N5O2. The van der Waals surface area contributed by atoms with E-state index in [2.05, 4.69) is 27.5 Å². The van der Waals surface area contributed by atoms with Crippen molar-refractivity contribution >= 4 is 34.0 Å². The molecule has 0 amide bonds. The van der Waals surface area contributed by atoms with Crippen LogP contribution in [0.1, 0.15) is 13.3 Å². The number of nitro groups is 1. The largest absolute Gasteiger partial charge is 0.369 e. The summed E-state index contributed by atoms with van der Waals surface area (Å²) in [5, 5.41) is 18.2. The minimum absolute atomic E-state index is 0.0186. The number of nitrogens with zero attached hydrogens (tertiary/aromatic N) is 3. The molecule has 0 saturated carbocycles. The first-order valence-corrected chi connectivity index (χ1v) is 7.69. The van der Waals surface area contributed by atoms with Gasteiger partial charge in [-0.05, 0) is 24.6 Å². The predicted octanol–water partition coefficient (Wildman–Crippen LogP) is 4.10. The van der Waals surface area contributed by atoms with E-state index in [0.717, 1.165) is 29.7 Å². The Balaban J connectivity index is 1.97. The summed E-state index contributed by atoms with van der Waals surface area (Å²) in [4.78, 5) is 19.4. The topological polar surface area (TPSA) is 93.0 Å². The standard InChI is InChI=1S/C17H17N5O2/c1-2-10-18-16-14-8-3-4-9-15(14)20-17(21-16)19-12-6-5-7-13(11-12)22(23)24/h3-9,11H,2,10H2,1H3,(H2,18,19,20,21). The van der Waals surface area contributed by atoms with Gasteiger partial charge in [0.1, 0.15) is 5.82 Å². The van der Waals surface area contributed by atoms with Crippen molar-refractivity contribution in [2.45, 2.75) is 13.3 Å². The SMILES string of the molecule is CCCNc1nc(Nc2cccc([N+](=O)[O-])c2)nc2ccccc12. The lowest BCUT2D eigenvalue weighted by Gasteiger charge is -2.11. The second kappa shape index (κ2) is 6.91. The van der Waals surface area contributed by atoms with Gasteiger partial charge in [-0.15, -0.1) is 0 Å². The van der Waals surface area contributed by atoms with E-state index in [9.17, 15) is 10.1 Å². The molecule has 0 radical (unpaired) electrons. The zero-order valence-electron chi connectivity index (χ0n) is 13.2. The minimum atomic E-state index is -0.430. The molecule has 0 fully saturated rings. The van der Waals surface area contributed by atoms with Crippen molar-refractivity contribution in [2.24, 2.45) is 0 Å². The number of nitro benzene ring substituents is 1. The molecule has 0 aliphatic heterocycles. The molecule has 2 N–H and O–H groups in total. The molecule has 3 aromatic rings. The van der Waals surface area contributed by atoms with Crippen molar-refractivity contribution in [2.75, 3.05) is 17.2 Å². The van der Waals surface area contributed by atoms with Gasteiger partial charge in [0, 0.05) is 29.8 Å². The Morgan fingerprint density at radius 2 is 1.96 bits per heavy atom. The zero-order chi connectivity index (χ0) is 16.9. The van der Waals surface area contributed by atoms with Crippen LogP contribution in [0.15, 0.2) is 48.5 Å². The van der Waals surface area contributed by atoms with Gasteiger partial charge in [0.15, 0.2) is 0 Å². The highest BCUT2D eigenvalue weighted by molar-refractivity contribution is 5.90. The van der Waals surface area contributed by atoms with Crippen LogP contribution in [0.4, 0.5) is 23.1 Å². The number of rotatable bonds is 6. The first-order valence-electron chi connectivity index (χ1n) is 7.69. The lowest BCUT2D eigenvalue weighted by atomic mass is 10.2. The number of nitrogens with one attached hydrogen (secondary N) is 2. The van der Waals surface area contributed by atoms with Crippen LogP contribution >= 0.6 is 0 Å². The fraction of sp³-hybridized carbons (Fsp3) is 0.176. The molecule has 7 heteroatoms. The van der Waals surface area contributed by atoms with Gasteiger partial charge in [-0.25, -0.2) is 4.98 Å². The van der Waals surface area contributed by atoms with Crippen LogP contribution in [0, 0.1) is 10.1 Å². The van der Waals surface area contributed by atoms with E-state index >= 15 is 0 Å². The predicted molar refractivity (Wildman–Crippen MR) is 94.7 cm³/mol. The maximum Gasteiger partial charge on any atom is 0.271 e. The zero-order valence-corrected chi connectivity index (χ0v) is 13.2. The van der Waals surface area contributed by atoms with Gasteiger partial charge in [0.25, 0.3) is 5.69 Å². The molecule has 2 aromatic carbocycles. The molecule has 0 spiro atoms. The highest BCUT2D eigenvalue weighted by Crippen LogP contribution is 2.25. The number of hydrogen-bond donors (Lipinski definition) is 2. The summed E-state index contributed by atoms with van der Waals surface area (Å²) in [7, 11) is 0. The van der Waals surface area contributed by atoms with E-state index in [1.165, 1.54) is 12.1 Å². The second-order valence-corrected chi connectivity index (χ2v) is 5.27. The molecule has 0 unspecified atom stereocenters. The Bertz CT molecular complexity index is 882. The average Bonchev–Trinajstić information content (AvgIpc) is 2.60. The van der Waals surface area contributed by atoms with Gasteiger partial charge >= 0.3 is 0 Å². The first kappa shape index (κ1) is 15.7. The maximum atomic E-state index is 10.9. The molecule has 7 nitrogen and oxygen atoms in total. The molecule has 1 aromatic heterocycles. The first-order chi connectivity index (χ1) is 11.7. The second-order valence-electron chi connectivity index (χ2n) is 5.27. The summed E-state index contributed by atoms with van der Waals surface area (Å²) in [6.45, 7) is 2.88. The third-order valence-corrected chi connectivity index (χ3v) is 3.46. The van der Waals surface area contributed by atoms with Gasteiger partial charge in [0.2, 0.25) is 5.95 Å². The quantitative estimate of drug-likeness (QED) is 0.524. The van der Waals surface area contributed by atoms with Gasteiger partial charge in [-0.3, -0.25) is 10.1 Å². The monoisotopic (exact) mass is 323 g/mol. The number of anilines is 3. The number of hydrogen-bond acceptors (Lipinski definition) is 6.